The molecule has 1 heterocycles. The molecule has 1 fully saturated rings. The van der Waals surface area contributed by atoms with Crippen molar-refractivity contribution in [3.63, 3.8) is 0 Å². The number of nitrogens with two attached hydrogens (primary N) is 1. The molecule has 0 aromatic rings. The normalized spacial score (nSPS) is 25.4. The Balaban J connectivity index is 2.83. The highest BCUT2D eigenvalue weighted by molar-refractivity contribution is 7.99. The molecular weight excluding hydrogens is 284 g/mol. The van der Waals surface area contributed by atoms with Crippen LogP contribution < -0.4 is 5.73 Å². The summed E-state index contributed by atoms with van der Waals surface area (Å²) in [7, 11) is 0. The van der Waals surface area contributed by atoms with E-state index in [9.17, 15) is 0 Å². The van der Waals surface area contributed by atoms with Gasteiger partial charge in [0.2, 0.25) is 0 Å². The molecule has 0 saturated carbocycles. The summed E-state index contributed by atoms with van der Waals surface area (Å²) in [6.45, 7) is 14.5. The summed E-state index contributed by atoms with van der Waals surface area (Å²) in [4.78, 5) is 2.53. The van der Waals surface area contributed by atoms with Crippen molar-refractivity contribution in [3.8, 4) is 0 Å². The fraction of sp³-hybridized carbons (Fsp3) is 1.00. The van der Waals surface area contributed by atoms with Crippen LogP contribution in [-0.4, -0.2) is 68.0 Å². The smallest absolute Gasteiger partial charge is 0.0593 e. The molecule has 0 spiro atoms. The van der Waals surface area contributed by atoms with E-state index in [-0.39, 0.29) is 11.0 Å². The molecule has 5 heteroatoms. The fourth-order valence-electron chi connectivity index (χ4n) is 3.16. The number of thioether (sulfide) groups is 1. The second-order valence-corrected chi connectivity index (χ2v) is 7.41. The number of hydrogen-bond acceptors (Lipinski definition) is 5. The van der Waals surface area contributed by atoms with E-state index < -0.39 is 0 Å². The van der Waals surface area contributed by atoms with Crippen LogP contribution in [0.5, 0.6) is 0 Å². The molecule has 21 heavy (non-hydrogen) atoms. The first-order valence-corrected chi connectivity index (χ1v) is 9.38. The van der Waals surface area contributed by atoms with Gasteiger partial charge in [-0.25, -0.2) is 0 Å². The van der Waals surface area contributed by atoms with Crippen LogP contribution in [-0.2, 0) is 9.47 Å². The van der Waals surface area contributed by atoms with Crippen LogP contribution in [0.25, 0.3) is 0 Å². The lowest BCUT2D eigenvalue weighted by Gasteiger charge is -2.55. The quantitative estimate of drug-likeness (QED) is 0.626. The Hall–Kier alpha value is 0.190. The van der Waals surface area contributed by atoms with E-state index in [2.05, 4.69) is 18.7 Å². The predicted octanol–water partition coefficient (Wildman–Crippen LogP) is 2.22. The van der Waals surface area contributed by atoms with Crippen LogP contribution in [0.3, 0.4) is 0 Å². The first-order chi connectivity index (χ1) is 10.0. The van der Waals surface area contributed by atoms with Gasteiger partial charge in [-0.05, 0) is 31.4 Å². The Labute approximate surface area is 135 Å². The maximum absolute atomic E-state index is 6.29. The van der Waals surface area contributed by atoms with Crippen molar-refractivity contribution < 1.29 is 9.47 Å². The summed E-state index contributed by atoms with van der Waals surface area (Å²) >= 11 is 2.03. The van der Waals surface area contributed by atoms with Gasteiger partial charge in [-0.15, -0.1) is 0 Å². The Kier molecular flexibility index (Phi) is 8.57. The third-order valence-electron chi connectivity index (χ3n) is 4.83. The third-order valence-corrected chi connectivity index (χ3v) is 6.01. The van der Waals surface area contributed by atoms with Gasteiger partial charge in [-0.2, -0.15) is 11.8 Å². The minimum Gasteiger partial charge on any atom is -0.380 e. The van der Waals surface area contributed by atoms with Crippen LogP contribution in [0, 0.1) is 5.41 Å². The van der Waals surface area contributed by atoms with Crippen molar-refractivity contribution in [1.29, 1.82) is 0 Å². The van der Waals surface area contributed by atoms with Gasteiger partial charge in [0.25, 0.3) is 0 Å². The minimum atomic E-state index is 0.0458. The molecule has 0 amide bonds. The van der Waals surface area contributed by atoms with Crippen LogP contribution in [0.1, 0.15) is 34.1 Å². The third kappa shape index (κ3) is 4.83. The minimum absolute atomic E-state index is 0.0458. The Bertz CT molecular complexity index is 279. The molecule has 4 nitrogen and oxygen atoms in total. The number of rotatable bonds is 10. The molecule has 1 rings (SSSR count). The zero-order valence-corrected chi connectivity index (χ0v) is 15.1. The molecule has 2 N–H and O–H groups in total. The maximum Gasteiger partial charge on any atom is 0.0593 e. The van der Waals surface area contributed by atoms with E-state index in [4.69, 9.17) is 15.2 Å². The molecule has 0 aromatic carbocycles. The Morgan fingerprint density at radius 3 is 2.10 bits per heavy atom. The zero-order chi connectivity index (χ0) is 15.8. The Morgan fingerprint density at radius 1 is 1.10 bits per heavy atom. The van der Waals surface area contributed by atoms with Crippen molar-refractivity contribution in [2.45, 2.75) is 39.7 Å². The van der Waals surface area contributed by atoms with Crippen molar-refractivity contribution >= 4 is 11.8 Å². The molecule has 0 aliphatic carbocycles. The van der Waals surface area contributed by atoms with E-state index in [1.165, 1.54) is 12.2 Å². The van der Waals surface area contributed by atoms with Crippen LogP contribution >= 0.6 is 11.8 Å². The standard InChI is InChI=1S/C16H34N2O2S/c1-5-19-10-8-18(9-11-20-6-2)16(13-17)14-21-12-7-15(16,3)4/h5-14,17H2,1-4H3. The van der Waals surface area contributed by atoms with Crippen LogP contribution in [0.2, 0.25) is 0 Å². The lowest BCUT2D eigenvalue weighted by atomic mass is 9.69. The summed E-state index contributed by atoms with van der Waals surface area (Å²) in [5.74, 6) is 2.34. The molecule has 0 radical (unpaired) electrons. The monoisotopic (exact) mass is 318 g/mol. The summed E-state index contributed by atoms with van der Waals surface area (Å²) < 4.78 is 11.2. The number of nitrogens with zero attached hydrogens (tertiary/aromatic N) is 1. The molecule has 1 aliphatic rings. The van der Waals surface area contributed by atoms with E-state index in [1.807, 2.05) is 25.6 Å². The summed E-state index contributed by atoms with van der Waals surface area (Å²) in [6, 6.07) is 0. The molecule has 1 unspecified atom stereocenters. The zero-order valence-electron chi connectivity index (χ0n) is 14.3. The SMILES string of the molecule is CCOCCN(CCOCC)C1(CN)CSCCC1(C)C. The van der Waals surface area contributed by atoms with Crippen LogP contribution in [0.4, 0.5) is 0 Å². The van der Waals surface area contributed by atoms with E-state index >= 15 is 0 Å². The first kappa shape index (κ1) is 19.2. The van der Waals surface area contributed by atoms with E-state index in [0.29, 0.717) is 6.54 Å². The van der Waals surface area contributed by atoms with Gasteiger partial charge >= 0.3 is 0 Å². The largest absolute Gasteiger partial charge is 0.380 e. The number of ether oxygens (including phenoxy) is 2. The fourth-order valence-corrected chi connectivity index (χ4v) is 4.99. The first-order valence-electron chi connectivity index (χ1n) is 8.22. The van der Waals surface area contributed by atoms with Gasteiger partial charge in [0.15, 0.2) is 0 Å². The second-order valence-electron chi connectivity index (χ2n) is 6.30. The maximum atomic E-state index is 6.29. The second kappa shape index (κ2) is 9.36. The highest BCUT2D eigenvalue weighted by atomic mass is 32.2. The predicted molar refractivity (Wildman–Crippen MR) is 92.1 cm³/mol. The van der Waals surface area contributed by atoms with E-state index in [0.717, 1.165) is 45.3 Å². The molecule has 1 aliphatic heterocycles. The molecule has 0 bridgehead atoms. The average molecular weight is 319 g/mol. The summed E-state index contributed by atoms with van der Waals surface area (Å²) in [5.41, 5.74) is 6.56. The lowest BCUT2D eigenvalue weighted by Crippen LogP contribution is -2.66. The van der Waals surface area contributed by atoms with Crippen molar-refractivity contribution in [3.05, 3.63) is 0 Å². The summed E-state index contributed by atoms with van der Waals surface area (Å²) in [6.07, 6.45) is 1.22. The van der Waals surface area contributed by atoms with Crippen molar-refractivity contribution in [2.24, 2.45) is 11.1 Å². The molecule has 126 valence electrons. The Morgan fingerprint density at radius 2 is 1.67 bits per heavy atom. The van der Waals surface area contributed by atoms with Gasteiger partial charge < -0.3 is 15.2 Å². The van der Waals surface area contributed by atoms with Gasteiger partial charge in [-0.3, -0.25) is 4.90 Å². The van der Waals surface area contributed by atoms with Gasteiger partial charge in [0.05, 0.1) is 13.2 Å². The average Bonchev–Trinajstić information content (AvgIpc) is 2.46. The number of hydrogen-bond donors (Lipinski definition) is 1. The van der Waals surface area contributed by atoms with E-state index in [1.54, 1.807) is 0 Å². The van der Waals surface area contributed by atoms with Crippen LogP contribution in [0.15, 0.2) is 0 Å². The topological polar surface area (TPSA) is 47.7 Å². The molecule has 1 saturated heterocycles. The van der Waals surface area contributed by atoms with Crippen molar-refractivity contribution in [1.82, 2.24) is 4.90 Å². The molecule has 0 aromatic heterocycles. The van der Waals surface area contributed by atoms with Gasteiger partial charge in [-0.1, -0.05) is 13.8 Å². The molecule has 1 atom stereocenters. The van der Waals surface area contributed by atoms with Gasteiger partial charge in [0, 0.05) is 44.1 Å². The summed E-state index contributed by atoms with van der Waals surface area (Å²) in [5, 5.41) is 0. The van der Waals surface area contributed by atoms with Crippen molar-refractivity contribution in [2.75, 3.05) is 57.6 Å². The van der Waals surface area contributed by atoms with Gasteiger partial charge in [0.1, 0.15) is 0 Å². The lowest BCUT2D eigenvalue weighted by molar-refractivity contribution is -0.0304. The highest BCUT2D eigenvalue weighted by Crippen LogP contribution is 2.45. The highest BCUT2D eigenvalue weighted by Gasteiger charge is 2.49. The molecular formula is C16H34N2O2S.